The quantitative estimate of drug-likeness (QED) is 0.139. The fourth-order valence-corrected chi connectivity index (χ4v) is 4.06. The Bertz CT molecular complexity index is 1260. The van der Waals surface area contributed by atoms with Gasteiger partial charge in [0.15, 0.2) is 0 Å². The van der Waals surface area contributed by atoms with Gasteiger partial charge < -0.3 is 14.9 Å². The molecule has 0 aliphatic rings. The van der Waals surface area contributed by atoms with Gasteiger partial charge in [-0.25, -0.2) is 0 Å². The van der Waals surface area contributed by atoms with Crippen LogP contribution in [-0.2, 0) is 25.8 Å². The Kier molecular flexibility index (Phi) is 9.75. The molecular formula is C32H28Hf. The Morgan fingerprint density at radius 3 is 1.18 bits per heavy atom. The van der Waals surface area contributed by atoms with E-state index in [1.807, 2.05) is 0 Å². The van der Waals surface area contributed by atoms with Gasteiger partial charge in [-0.2, -0.15) is 24.3 Å². The second-order valence-corrected chi connectivity index (χ2v) is 7.40. The molecule has 0 spiro atoms. The van der Waals surface area contributed by atoms with E-state index in [9.17, 15) is 0 Å². The molecule has 0 nitrogen and oxygen atoms in total. The van der Waals surface area contributed by atoms with Crippen LogP contribution in [-0.4, -0.2) is 0 Å². The Labute approximate surface area is 217 Å². The van der Waals surface area contributed by atoms with Gasteiger partial charge in [-0.15, -0.1) is 57.9 Å². The van der Waals surface area contributed by atoms with Crippen molar-refractivity contribution in [3.8, 4) is 22.3 Å². The van der Waals surface area contributed by atoms with Gasteiger partial charge in [0.05, 0.1) is 0 Å². The summed E-state index contributed by atoms with van der Waals surface area (Å²) in [5.41, 5.74) is 5.21. The van der Waals surface area contributed by atoms with Crippen LogP contribution in [0.15, 0.2) is 133 Å². The molecule has 0 aliphatic carbocycles. The van der Waals surface area contributed by atoms with Gasteiger partial charge in [0.2, 0.25) is 0 Å². The first-order valence-corrected chi connectivity index (χ1v) is 10.3. The van der Waals surface area contributed by atoms with Gasteiger partial charge in [-0.3, -0.25) is 0 Å². The van der Waals surface area contributed by atoms with Gasteiger partial charge in [-0.05, 0) is 11.1 Å². The molecule has 0 fully saturated rings. The SMILES string of the molecule is [CH3-].[CH3-].[Hf+4].c1ccc(-c2cccc3[cH-]ccc23)cc1.c1ccc(-c2cccc3[cH-]ccc23)cc1. The molecule has 0 bridgehead atoms. The number of fused-ring (bicyclic) bond motifs is 2. The Hall–Kier alpha value is -3.03. The van der Waals surface area contributed by atoms with E-state index in [0.717, 1.165) is 0 Å². The second kappa shape index (κ2) is 12.3. The molecule has 0 aliphatic heterocycles. The van der Waals surface area contributed by atoms with E-state index in [0.29, 0.717) is 0 Å². The third kappa shape index (κ3) is 5.67. The molecule has 0 unspecified atom stereocenters. The van der Waals surface area contributed by atoms with Crippen molar-refractivity contribution in [1.82, 2.24) is 0 Å². The Morgan fingerprint density at radius 1 is 0.394 bits per heavy atom. The third-order valence-electron chi connectivity index (χ3n) is 5.53. The van der Waals surface area contributed by atoms with Crippen LogP contribution in [0, 0.1) is 14.9 Å². The molecule has 0 amide bonds. The van der Waals surface area contributed by atoms with Crippen molar-refractivity contribution in [2.45, 2.75) is 0 Å². The van der Waals surface area contributed by atoms with Crippen molar-refractivity contribution in [2.75, 3.05) is 0 Å². The summed E-state index contributed by atoms with van der Waals surface area (Å²) in [6.45, 7) is 0. The number of hydrogen-bond acceptors (Lipinski definition) is 0. The van der Waals surface area contributed by atoms with E-state index < -0.39 is 0 Å². The van der Waals surface area contributed by atoms with Crippen LogP contribution >= 0.6 is 0 Å². The normalized spacial score (nSPS) is 9.70. The van der Waals surface area contributed by atoms with Crippen molar-refractivity contribution >= 4 is 21.5 Å². The molecule has 160 valence electrons. The zero-order chi connectivity index (χ0) is 20.2. The number of hydrogen-bond donors (Lipinski definition) is 0. The minimum absolute atomic E-state index is 0. The molecular weight excluding hydrogens is 563 g/mol. The molecule has 0 radical (unpaired) electrons. The number of benzene rings is 4. The molecule has 6 aromatic rings. The fraction of sp³-hybridized carbons (Fsp3) is 0. The number of rotatable bonds is 2. The van der Waals surface area contributed by atoms with E-state index in [2.05, 4.69) is 133 Å². The zero-order valence-electron chi connectivity index (χ0n) is 19.2. The van der Waals surface area contributed by atoms with E-state index in [-0.39, 0.29) is 40.7 Å². The van der Waals surface area contributed by atoms with Crippen molar-refractivity contribution in [3.63, 3.8) is 0 Å². The van der Waals surface area contributed by atoms with Gasteiger partial charge >= 0.3 is 25.8 Å². The van der Waals surface area contributed by atoms with E-state index in [1.54, 1.807) is 0 Å². The summed E-state index contributed by atoms with van der Waals surface area (Å²) in [4.78, 5) is 0. The minimum Gasteiger partial charge on any atom is -0.358 e. The van der Waals surface area contributed by atoms with E-state index >= 15 is 0 Å². The molecule has 0 heterocycles. The maximum absolute atomic E-state index is 2.18. The van der Waals surface area contributed by atoms with Crippen LogP contribution in [0.1, 0.15) is 0 Å². The standard InChI is InChI=1S/2C15H11.2CH3.Hf/c2*1-2-6-12(7-3-1)14-10-4-8-13-9-5-11-15(13)14;;;/h2*1-11H;2*1H3;/q4*-1;+4. The summed E-state index contributed by atoms with van der Waals surface area (Å²) in [6, 6.07) is 46.8. The third-order valence-corrected chi connectivity index (χ3v) is 5.53. The molecule has 1 heteroatoms. The second-order valence-electron chi connectivity index (χ2n) is 7.40. The summed E-state index contributed by atoms with van der Waals surface area (Å²) in [5, 5.41) is 5.31. The molecule has 0 aromatic heterocycles. The molecule has 33 heavy (non-hydrogen) atoms. The van der Waals surface area contributed by atoms with Crippen LogP contribution < -0.4 is 0 Å². The van der Waals surface area contributed by atoms with Crippen molar-refractivity contribution in [3.05, 3.63) is 148 Å². The smallest absolute Gasteiger partial charge is 0.358 e. The molecule has 0 saturated carbocycles. The Balaban J connectivity index is 0.000000214. The van der Waals surface area contributed by atoms with E-state index in [1.165, 1.54) is 43.8 Å². The van der Waals surface area contributed by atoms with Crippen LogP contribution in [0.5, 0.6) is 0 Å². The van der Waals surface area contributed by atoms with Gasteiger partial charge in [0, 0.05) is 0 Å². The first-order valence-electron chi connectivity index (χ1n) is 10.3. The summed E-state index contributed by atoms with van der Waals surface area (Å²) >= 11 is 0. The first-order chi connectivity index (χ1) is 14.9. The van der Waals surface area contributed by atoms with Gasteiger partial charge in [0.25, 0.3) is 0 Å². The maximum Gasteiger partial charge on any atom is 4.00 e. The van der Waals surface area contributed by atoms with Gasteiger partial charge in [0.1, 0.15) is 0 Å². The average Bonchev–Trinajstić information content (AvgIpc) is 3.50. The molecule has 6 rings (SSSR count). The molecule has 0 saturated heterocycles. The largest absolute Gasteiger partial charge is 4.00 e. The van der Waals surface area contributed by atoms with Crippen LogP contribution in [0.2, 0.25) is 0 Å². The molecule has 0 N–H and O–H groups in total. The van der Waals surface area contributed by atoms with Crippen LogP contribution in [0.4, 0.5) is 0 Å². The van der Waals surface area contributed by atoms with Crippen LogP contribution in [0.25, 0.3) is 43.8 Å². The zero-order valence-corrected chi connectivity index (χ0v) is 22.8. The Morgan fingerprint density at radius 2 is 0.788 bits per heavy atom. The predicted octanol–water partition coefficient (Wildman–Crippen LogP) is 9.35. The summed E-state index contributed by atoms with van der Waals surface area (Å²) in [5.74, 6) is 0. The minimum atomic E-state index is 0. The first kappa shape index (κ1) is 26.2. The van der Waals surface area contributed by atoms with Crippen molar-refractivity contribution in [1.29, 1.82) is 0 Å². The average molecular weight is 591 g/mol. The molecule has 6 aromatic carbocycles. The summed E-state index contributed by atoms with van der Waals surface area (Å²) < 4.78 is 0. The van der Waals surface area contributed by atoms with Gasteiger partial charge in [-0.1, -0.05) is 83.9 Å². The predicted molar refractivity (Wildman–Crippen MR) is 143 cm³/mol. The summed E-state index contributed by atoms with van der Waals surface area (Å²) in [6.07, 6.45) is 0. The fourth-order valence-electron chi connectivity index (χ4n) is 4.06. The topological polar surface area (TPSA) is 0 Å². The van der Waals surface area contributed by atoms with Crippen molar-refractivity contribution in [2.24, 2.45) is 0 Å². The summed E-state index contributed by atoms with van der Waals surface area (Å²) in [7, 11) is 0. The monoisotopic (exact) mass is 592 g/mol. The van der Waals surface area contributed by atoms with Crippen LogP contribution in [0.3, 0.4) is 0 Å². The van der Waals surface area contributed by atoms with Crippen molar-refractivity contribution < 1.29 is 25.8 Å². The molecule has 0 atom stereocenters. The van der Waals surface area contributed by atoms with E-state index in [4.69, 9.17) is 0 Å². The maximum atomic E-state index is 2.18.